The van der Waals surface area contributed by atoms with Crippen molar-refractivity contribution in [3.05, 3.63) is 79.1 Å². The van der Waals surface area contributed by atoms with Gasteiger partial charge in [0, 0.05) is 5.69 Å². The van der Waals surface area contributed by atoms with Gasteiger partial charge in [0.1, 0.15) is 0 Å². The van der Waals surface area contributed by atoms with Crippen LogP contribution in [0.25, 0.3) is 10.8 Å². The van der Waals surface area contributed by atoms with Gasteiger partial charge in [-0.15, -0.1) is 0 Å². The van der Waals surface area contributed by atoms with Crippen LogP contribution >= 0.6 is 0 Å². The van der Waals surface area contributed by atoms with Crippen molar-refractivity contribution >= 4 is 16.5 Å². The number of nitrogens with one attached hydrogen (secondary N) is 1. The maximum Gasteiger partial charge on any atom is 0.188 e. The number of rotatable bonds is 2. The van der Waals surface area contributed by atoms with E-state index in [-0.39, 0.29) is 6.23 Å². The highest BCUT2D eigenvalue weighted by atomic mass is 16.5. The fraction of sp³-hybridized carbons (Fsp3) is 0.0588. The normalized spacial score (nSPS) is 22.8. The molecule has 1 N–H and O–H groups in total. The Bertz CT molecular complexity index is 655. The Morgan fingerprint density at radius 2 is 1.68 bits per heavy atom. The number of fused-ring (bicyclic) bond motifs is 1. The Hall–Kier alpha value is -2.48. The zero-order valence-electron chi connectivity index (χ0n) is 10.5. The summed E-state index contributed by atoms with van der Waals surface area (Å²) in [7, 11) is 0. The number of benzene rings is 2. The summed E-state index contributed by atoms with van der Waals surface area (Å²) < 4.78 is 5.57. The smallest absolute Gasteiger partial charge is 0.188 e. The molecule has 2 heteroatoms. The van der Waals surface area contributed by atoms with E-state index in [4.69, 9.17) is 4.74 Å². The molecule has 94 valence electrons. The molecule has 0 fully saturated rings. The van der Waals surface area contributed by atoms with Crippen LogP contribution in [0.3, 0.4) is 0 Å². The molecule has 0 saturated carbocycles. The number of hydrogen-bond acceptors (Lipinski definition) is 2. The summed E-state index contributed by atoms with van der Waals surface area (Å²) >= 11 is 0. The molecule has 1 aliphatic rings. The molecular formula is C17H15NO. The lowest BCUT2D eigenvalue weighted by Crippen LogP contribution is -2.18. The monoisotopic (exact) mass is 249 g/mol. The first kappa shape index (κ1) is 11.6. The Kier molecular flexibility index (Phi) is 3.32. The van der Waals surface area contributed by atoms with Crippen LogP contribution in [-0.2, 0) is 4.74 Å². The molecule has 0 bridgehead atoms. The zero-order chi connectivity index (χ0) is 12.9. The van der Waals surface area contributed by atoms with Gasteiger partial charge in [0.15, 0.2) is 6.23 Å². The molecule has 1 atom stereocenters. The fourth-order valence-corrected chi connectivity index (χ4v) is 2.04. The van der Waals surface area contributed by atoms with Crippen molar-refractivity contribution in [2.45, 2.75) is 6.23 Å². The molecule has 2 nitrogen and oxygen atoms in total. The zero-order valence-corrected chi connectivity index (χ0v) is 10.5. The molecule has 0 saturated heterocycles. The topological polar surface area (TPSA) is 21.3 Å². The predicted octanol–water partition coefficient (Wildman–Crippen LogP) is 4.23. The average Bonchev–Trinajstić information content (AvgIpc) is 2.41. The first-order valence-corrected chi connectivity index (χ1v) is 6.33. The highest BCUT2D eigenvalue weighted by Gasteiger charge is 2.04. The highest BCUT2D eigenvalue weighted by Crippen LogP contribution is 2.20. The first-order chi connectivity index (χ1) is 9.42. The molecule has 2 aromatic carbocycles. The molecule has 2 aromatic rings. The van der Waals surface area contributed by atoms with Crippen LogP contribution in [0.5, 0.6) is 0 Å². The summed E-state index contributed by atoms with van der Waals surface area (Å²) in [5.41, 5.74) is 1.05. The van der Waals surface area contributed by atoms with E-state index in [2.05, 4.69) is 35.6 Å². The average molecular weight is 249 g/mol. The second-order valence-corrected chi connectivity index (χ2v) is 4.36. The van der Waals surface area contributed by atoms with Crippen molar-refractivity contribution in [2.24, 2.45) is 0 Å². The Morgan fingerprint density at radius 1 is 0.842 bits per heavy atom. The minimum absolute atomic E-state index is 0.151. The van der Waals surface area contributed by atoms with E-state index in [1.807, 2.05) is 42.5 Å². The first-order valence-electron chi connectivity index (χ1n) is 6.33. The fourth-order valence-electron chi connectivity index (χ4n) is 2.04. The molecule has 0 aliphatic carbocycles. The van der Waals surface area contributed by atoms with Crippen molar-refractivity contribution in [3.63, 3.8) is 0 Å². The maximum absolute atomic E-state index is 5.57. The second-order valence-electron chi connectivity index (χ2n) is 4.36. The lowest BCUT2D eigenvalue weighted by Gasteiger charge is -2.16. The van der Waals surface area contributed by atoms with Gasteiger partial charge in [-0.25, -0.2) is 0 Å². The number of hydrogen-bond donors (Lipinski definition) is 1. The van der Waals surface area contributed by atoms with Crippen LogP contribution in [0, 0.1) is 0 Å². The Labute approximate surface area is 112 Å². The van der Waals surface area contributed by atoms with Gasteiger partial charge < -0.3 is 10.1 Å². The predicted molar refractivity (Wildman–Crippen MR) is 79.9 cm³/mol. The van der Waals surface area contributed by atoms with E-state index < -0.39 is 0 Å². The third-order valence-corrected chi connectivity index (χ3v) is 2.98. The molecule has 0 radical (unpaired) electrons. The van der Waals surface area contributed by atoms with Crippen LogP contribution in [0.1, 0.15) is 0 Å². The van der Waals surface area contributed by atoms with Gasteiger partial charge in [-0.3, -0.25) is 0 Å². The summed E-state index contributed by atoms with van der Waals surface area (Å²) in [6.07, 6.45) is 11.3. The molecule has 1 heterocycles. The molecule has 3 rings (SSSR count). The molecule has 0 aromatic heterocycles. The van der Waals surface area contributed by atoms with Gasteiger partial charge in [0.2, 0.25) is 0 Å². The number of anilines is 1. The van der Waals surface area contributed by atoms with Gasteiger partial charge in [-0.2, -0.15) is 0 Å². The largest absolute Gasteiger partial charge is 0.475 e. The van der Waals surface area contributed by atoms with Crippen LogP contribution < -0.4 is 5.32 Å². The van der Waals surface area contributed by atoms with Crippen molar-refractivity contribution < 1.29 is 4.74 Å². The summed E-state index contributed by atoms with van der Waals surface area (Å²) in [5, 5.41) is 5.81. The molecular weight excluding hydrogens is 234 g/mol. The number of ether oxygens (including phenoxy) is 1. The van der Waals surface area contributed by atoms with Crippen molar-refractivity contribution in [2.75, 3.05) is 5.32 Å². The van der Waals surface area contributed by atoms with E-state index in [1.54, 1.807) is 6.26 Å². The minimum Gasteiger partial charge on any atom is -0.475 e. The quantitative estimate of drug-likeness (QED) is 0.859. The van der Waals surface area contributed by atoms with Crippen LogP contribution in [0.15, 0.2) is 79.1 Å². The van der Waals surface area contributed by atoms with E-state index in [0.717, 1.165) is 5.69 Å². The molecule has 19 heavy (non-hydrogen) atoms. The SMILES string of the molecule is C1=C\C=C\C(Nc2ccc3ccccc3c2)O\C=C/1. The molecule has 1 unspecified atom stereocenters. The Balaban J connectivity index is 1.82. The van der Waals surface area contributed by atoms with Gasteiger partial charge in [-0.1, -0.05) is 48.6 Å². The van der Waals surface area contributed by atoms with E-state index in [1.165, 1.54) is 10.8 Å². The second kappa shape index (κ2) is 5.44. The Morgan fingerprint density at radius 3 is 2.63 bits per heavy atom. The molecule has 0 amide bonds. The third-order valence-electron chi connectivity index (χ3n) is 2.98. The molecule has 0 spiro atoms. The van der Waals surface area contributed by atoms with Gasteiger partial charge in [-0.05, 0) is 35.1 Å². The maximum atomic E-state index is 5.57. The van der Waals surface area contributed by atoms with Crippen molar-refractivity contribution in [1.29, 1.82) is 0 Å². The van der Waals surface area contributed by atoms with E-state index in [9.17, 15) is 0 Å². The number of allylic oxidation sites excluding steroid dienone is 4. The van der Waals surface area contributed by atoms with Gasteiger partial charge in [0.05, 0.1) is 6.26 Å². The summed E-state index contributed by atoms with van der Waals surface area (Å²) in [6, 6.07) is 14.6. The van der Waals surface area contributed by atoms with Gasteiger partial charge >= 0.3 is 0 Å². The summed E-state index contributed by atoms with van der Waals surface area (Å²) in [6.45, 7) is 0. The van der Waals surface area contributed by atoms with Crippen LogP contribution in [0.4, 0.5) is 5.69 Å². The van der Waals surface area contributed by atoms with E-state index in [0.29, 0.717) is 0 Å². The van der Waals surface area contributed by atoms with Crippen molar-refractivity contribution in [3.8, 4) is 0 Å². The summed E-state index contributed by atoms with van der Waals surface area (Å²) in [5.74, 6) is 0. The lowest BCUT2D eigenvalue weighted by atomic mass is 10.1. The lowest BCUT2D eigenvalue weighted by molar-refractivity contribution is 0.211. The van der Waals surface area contributed by atoms with Crippen LogP contribution in [-0.4, -0.2) is 6.23 Å². The summed E-state index contributed by atoms with van der Waals surface area (Å²) in [4.78, 5) is 0. The van der Waals surface area contributed by atoms with Crippen LogP contribution in [0.2, 0.25) is 0 Å². The standard InChI is InChI=1S/C17H15NO/c1-2-6-12-19-17(9-3-1)18-16-11-10-14-7-4-5-8-15(14)13-16/h1-13,17-18H/b2-1-,9-3+,12-6-. The third kappa shape index (κ3) is 2.86. The highest BCUT2D eigenvalue weighted by molar-refractivity contribution is 5.85. The molecule has 1 aliphatic heterocycles. The van der Waals surface area contributed by atoms with Crippen molar-refractivity contribution in [1.82, 2.24) is 0 Å². The van der Waals surface area contributed by atoms with Gasteiger partial charge in [0.25, 0.3) is 0 Å². The van der Waals surface area contributed by atoms with E-state index >= 15 is 0 Å². The minimum atomic E-state index is -0.151.